The Morgan fingerprint density at radius 1 is 1.25 bits per heavy atom. The number of carbonyl (C=O) groups excluding carboxylic acids is 1. The number of aliphatic hydroxyl groups is 1. The van der Waals surface area contributed by atoms with Crippen LogP contribution in [0.25, 0.3) is 11.0 Å². The van der Waals surface area contributed by atoms with E-state index in [4.69, 9.17) is 4.42 Å². The zero-order valence-electron chi connectivity index (χ0n) is 14.4. The van der Waals surface area contributed by atoms with E-state index in [1.54, 1.807) is 0 Å². The molecule has 1 aliphatic heterocycles. The SMILES string of the molecule is CCC(CO)N1CCN(C(=O)C(C)c2cc3ccccc3o2)CC1. The summed E-state index contributed by atoms with van der Waals surface area (Å²) < 4.78 is 5.84. The number of carbonyl (C=O) groups is 1. The third-order valence-corrected chi connectivity index (χ3v) is 5.07. The van der Waals surface area contributed by atoms with Crippen LogP contribution in [0.15, 0.2) is 34.7 Å². The molecule has 5 nitrogen and oxygen atoms in total. The fourth-order valence-corrected chi connectivity index (χ4v) is 3.42. The Balaban J connectivity index is 1.64. The first kappa shape index (κ1) is 17.0. The van der Waals surface area contributed by atoms with Crippen molar-refractivity contribution in [2.75, 3.05) is 32.8 Å². The quantitative estimate of drug-likeness (QED) is 0.915. The van der Waals surface area contributed by atoms with Gasteiger partial charge in [-0.2, -0.15) is 0 Å². The minimum Gasteiger partial charge on any atom is -0.460 e. The molecule has 1 amide bonds. The van der Waals surface area contributed by atoms with Crippen molar-refractivity contribution in [2.24, 2.45) is 0 Å². The van der Waals surface area contributed by atoms with Crippen LogP contribution in [-0.4, -0.2) is 59.6 Å². The summed E-state index contributed by atoms with van der Waals surface area (Å²) in [6, 6.07) is 10.0. The summed E-state index contributed by atoms with van der Waals surface area (Å²) in [5, 5.41) is 10.5. The number of hydrogen-bond donors (Lipinski definition) is 1. The van der Waals surface area contributed by atoms with Crippen molar-refractivity contribution in [3.8, 4) is 0 Å². The van der Waals surface area contributed by atoms with Crippen LogP contribution in [-0.2, 0) is 4.79 Å². The van der Waals surface area contributed by atoms with E-state index in [-0.39, 0.29) is 24.5 Å². The molecule has 130 valence electrons. The second-order valence-corrected chi connectivity index (χ2v) is 6.51. The molecule has 1 aromatic heterocycles. The average Bonchev–Trinajstić information content (AvgIpc) is 3.06. The molecule has 0 saturated carbocycles. The van der Waals surface area contributed by atoms with Gasteiger partial charge in [0.05, 0.1) is 12.5 Å². The summed E-state index contributed by atoms with van der Waals surface area (Å²) in [5.41, 5.74) is 0.825. The summed E-state index contributed by atoms with van der Waals surface area (Å²) in [7, 11) is 0. The summed E-state index contributed by atoms with van der Waals surface area (Å²) in [5.74, 6) is 0.569. The lowest BCUT2D eigenvalue weighted by Crippen LogP contribution is -2.53. The molecule has 24 heavy (non-hydrogen) atoms. The highest BCUT2D eigenvalue weighted by Crippen LogP contribution is 2.26. The van der Waals surface area contributed by atoms with Gasteiger partial charge in [-0.05, 0) is 25.5 Å². The Labute approximate surface area is 142 Å². The molecule has 3 rings (SSSR count). The Bertz CT molecular complexity index is 652. The molecule has 2 aromatic rings. The minimum absolute atomic E-state index is 0.116. The number of para-hydroxylation sites is 1. The summed E-state index contributed by atoms with van der Waals surface area (Å²) in [6.07, 6.45) is 0.930. The molecule has 1 aromatic carbocycles. The molecule has 0 radical (unpaired) electrons. The smallest absolute Gasteiger partial charge is 0.233 e. The van der Waals surface area contributed by atoms with E-state index in [0.29, 0.717) is 13.1 Å². The first-order chi connectivity index (χ1) is 11.6. The number of piperazine rings is 1. The van der Waals surface area contributed by atoms with E-state index in [9.17, 15) is 9.90 Å². The second-order valence-electron chi connectivity index (χ2n) is 6.51. The Hall–Kier alpha value is -1.85. The van der Waals surface area contributed by atoms with Crippen LogP contribution in [0.1, 0.15) is 31.9 Å². The molecule has 2 unspecified atom stereocenters. The predicted molar refractivity (Wildman–Crippen MR) is 93.9 cm³/mol. The summed E-state index contributed by atoms with van der Waals surface area (Å²) in [6.45, 7) is 7.23. The van der Waals surface area contributed by atoms with Crippen LogP contribution in [0.2, 0.25) is 0 Å². The highest BCUT2D eigenvalue weighted by molar-refractivity contribution is 5.85. The second kappa shape index (κ2) is 7.36. The maximum absolute atomic E-state index is 12.8. The van der Waals surface area contributed by atoms with E-state index >= 15 is 0 Å². The van der Waals surface area contributed by atoms with Crippen LogP contribution in [0.5, 0.6) is 0 Å². The topological polar surface area (TPSA) is 56.9 Å². The third-order valence-electron chi connectivity index (χ3n) is 5.07. The molecule has 0 bridgehead atoms. The molecule has 1 fully saturated rings. The van der Waals surface area contributed by atoms with Gasteiger partial charge in [0.1, 0.15) is 11.3 Å². The first-order valence-corrected chi connectivity index (χ1v) is 8.76. The Morgan fingerprint density at radius 3 is 2.58 bits per heavy atom. The predicted octanol–water partition coefficient (Wildman–Crippen LogP) is 2.45. The minimum atomic E-state index is -0.274. The van der Waals surface area contributed by atoms with E-state index in [1.165, 1.54) is 0 Å². The van der Waals surface area contributed by atoms with Gasteiger partial charge in [0.25, 0.3) is 0 Å². The molecule has 2 atom stereocenters. The number of amides is 1. The van der Waals surface area contributed by atoms with Crippen LogP contribution in [0.4, 0.5) is 0 Å². The Kier molecular flexibility index (Phi) is 5.21. The maximum Gasteiger partial charge on any atom is 0.233 e. The Morgan fingerprint density at radius 2 is 1.96 bits per heavy atom. The van der Waals surface area contributed by atoms with E-state index in [2.05, 4.69) is 11.8 Å². The van der Waals surface area contributed by atoms with Crippen molar-refractivity contribution in [3.05, 3.63) is 36.1 Å². The number of nitrogens with zero attached hydrogens (tertiary/aromatic N) is 2. The normalized spacial score (nSPS) is 18.7. The zero-order valence-corrected chi connectivity index (χ0v) is 14.4. The standard InChI is InChI=1S/C19H26N2O3/c1-3-16(13-22)20-8-10-21(11-9-20)19(23)14(2)18-12-15-6-4-5-7-17(15)24-18/h4-7,12,14,16,22H,3,8-11,13H2,1-2H3. The lowest BCUT2D eigenvalue weighted by Gasteiger charge is -2.39. The van der Waals surface area contributed by atoms with Gasteiger partial charge < -0.3 is 14.4 Å². The molecule has 0 aliphatic carbocycles. The van der Waals surface area contributed by atoms with Gasteiger partial charge in [-0.15, -0.1) is 0 Å². The van der Waals surface area contributed by atoms with E-state index in [1.807, 2.05) is 42.2 Å². The van der Waals surface area contributed by atoms with Gasteiger partial charge in [-0.25, -0.2) is 0 Å². The molecular weight excluding hydrogens is 304 g/mol. The van der Waals surface area contributed by atoms with Crippen LogP contribution in [0, 0.1) is 0 Å². The summed E-state index contributed by atoms with van der Waals surface area (Å²) >= 11 is 0. The van der Waals surface area contributed by atoms with Gasteiger partial charge in [0.15, 0.2) is 0 Å². The van der Waals surface area contributed by atoms with Crippen molar-refractivity contribution in [3.63, 3.8) is 0 Å². The lowest BCUT2D eigenvalue weighted by atomic mass is 10.1. The molecule has 1 saturated heterocycles. The zero-order chi connectivity index (χ0) is 17.1. The van der Waals surface area contributed by atoms with Crippen LogP contribution >= 0.6 is 0 Å². The average molecular weight is 330 g/mol. The van der Waals surface area contributed by atoms with Crippen molar-refractivity contribution < 1.29 is 14.3 Å². The number of rotatable bonds is 5. The number of benzene rings is 1. The van der Waals surface area contributed by atoms with Gasteiger partial charge in [0.2, 0.25) is 5.91 Å². The number of fused-ring (bicyclic) bond motifs is 1. The highest BCUT2D eigenvalue weighted by Gasteiger charge is 2.29. The maximum atomic E-state index is 12.8. The largest absolute Gasteiger partial charge is 0.460 e. The van der Waals surface area contributed by atoms with Gasteiger partial charge >= 0.3 is 0 Å². The monoisotopic (exact) mass is 330 g/mol. The molecular formula is C19H26N2O3. The molecule has 2 heterocycles. The molecule has 5 heteroatoms. The lowest BCUT2D eigenvalue weighted by molar-refractivity contribution is -0.135. The van der Waals surface area contributed by atoms with E-state index < -0.39 is 0 Å². The number of aliphatic hydroxyl groups excluding tert-OH is 1. The van der Waals surface area contributed by atoms with Gasteiger partial charge in [0, 0.05) is 37.6 Å². The first-order valence-electron chi connectivity index (χ1n) is 8.76. The number of hydrogen-bond acceptors (Lipinski definition) is 4. The fraction of sp³-hybridized carbons (Fsp3) is 0.526. The summed E-state index contributed by atoms with van der Waals surface area (Å²) in [4.78, 5) is 17.0. The van der Waals surface area contributed by atoms with Crippen LogP contribution < -0.4 is 0 Å². The van der Waals surface area contributed by atoms with Crippen molar-refractivity contribution >= 4 is 16.9 Å². The number of furan rings is 1. The van der Waals surface area contributed by atoms with Crippen molar-refractivity contribution in [1.82, 2.24) is 9.80 Å². The van der Waals surface area contributed by atoms with Crippen LogP contribution in [0.3, 0.4) is 0 Å². The third kappa shape index (κ3) is 3.32. The van der Waals surface area contributed by atoms with Crippen molar-refractivity contribution in [2.45, 2.75) is 32.2 Å². The molecule has 1 aliphatic rings. The fourth-order valence-electron chi connectivity index (χ4n) is 3.42. The highest BCUT2D eigenvalue weighted by atomic mass is 16.3. The van der Waals surface area contributed by atoms with E-state index in [0.717, 1.165) is 36.2 Å². The van der Waals surface area contributed by atoms with Gasteiger partial charge in [-0.3, -0.25) is 9.69 Å². The molecule has 1 N–H and O–H groups in total. The van der Waals surface area contributed by atoms with Crippen molar-refractivity contribution in [1.29, 1.82) is 0 Å². The molecule has 0 spiro atoms. The van der Waals surface area contributed by atoms with Gasteiger partial charge in [-0.1, -0.05) is 25.1 Å².